The Hall–Kier alpha value is -0.830. The van der Waals surface area contributed by atoms with E-state index in [1.165, 1.54) is 4.90 Å². The fourth-order valence-corrected chi connectivity index (χ4v) is 2.32. The standard InChI is InChI=1S/C11H19F3N2O3S/c12-11(13,14)5-6-16(8-9-3-4-9)10(17)2-1-7-20(15,18)19/h9H,1-8H2,(H2,15,18,19). The monoisotopic (exact) mass is 316 g/mol. The fraction of sp³-hybridized carbons (Fsp3) is 0.909. The van der Waals surface area contributed by atoms with Crippen LogP contribution in [0.25, 0.3) is 0 Å². The molecule has 9 heteroatoms. The number of alkyl halides is 3. The lowest BCUT2D eigenvalue weighted by atomic mass is 10.2. The predicted molar refractivity (Wildman–Crippen MR) is 67.2 cm³/mol. The molecule has 0 atom stereocenters. The first-order valence-corrected chi connectivity index (χ1v) is 8.13. The summed E-state index contributed by atoms with van der Waals surface area (Å²) in [5.74, 6) is -0.495. The molecule has 0 aromatic rings. The van der Waals surface area contributed by atoms with Crippen LogP contribution in [0, 0.1) is 5.92 Å². The number of hydrogen-bond donors (Lipinski definition) is 1. The topological polar surface area (TPSA) is 80.5 Å². The van der Waals surface area contributed by atoms with E-state index in [4.69, 9.17) is 5.14 Å². The van der Waals surface area contributed by atoms with Crippen LogP contribution < -0.4 is 5.14 Å². The van der Waals surface area contributed by atoms with Crippen LogP contribution in [0.4, 0.5) is 13.2 Å². The summed E-state index contributed by atoms with van der Waals surface area (Å²) in [4.78, 5) is 13.0. The molecule has 0 aliphatic heterocycles. The summed E-state index contributed by atoms with van der Waals surface area (Å²) in [5.41, 5.74) is 0. The zero-order valence-corrected chi connectivity index (χ0v) is 11.8. The second-order valence-electron chi connectivity index (χ2n) is 5.12. The zero-order valence-electron chi connectivity index (χ0n) is 11.0. The minimum Gasteiger partial charge on any atom is -0.342 e. The van der Waals surface area contributed by atoms with Gasteiger partial charge in [0.2, 0.25) is 15.9 Å². The number of amides is 1. The molecule has 0 saturated heterocycles. The van der Waals surface area contributed by atoms with Gasteiger partial charge in [-0.2, -0.15) is 13.2 Å². The quantitative estimate of drug-likeness (QED) is 0.732. The maximum absolute atomic E-state index is 12.2. The number of nitrogens with zero attached hydrogens (tertiary/aromatic N) is 1. The van der Waals surface area contributed by atoms with Gasteiger partial charge in [-0.05, 0) is 25.2 Å². The molecule has 1 aliphatic rings. The van der Waals surface area contributed by atoms with Crippen LogP contribution >= 0.6 is 0 Å². The summed E-state index contributed by atoms with van der Waals surface area (Å²) >= 11 is 0. The van der Waals surface area contributed by atoms with Crippen LogP contribution in [0.2, 0.25) is 0 Å². The van der Waals surface area contributed by atoms with Crippen LogP contribution in [0.5, 0.6) is 0 Å². The minimum atomic E-state index is -4.30. The first-order chi connectivity index (χ1) is 9.07. The number of carbonyl (C=O) groups excluding carboxylic acids is 1. The third-order valence-electron chi connectivity index (χ3n) is 3.01. The maximum Gasteiger partial charge on any atom is 0.390 e. The molecule has 0 aromatic carbocycles. The van der Waals surface area contributed by atoms with E-state index in [0.717, 1.165) is 12.8 Å². The van der Waals surface area contributed by atoms with Crippen LogP contribution in [-0.2, 0) is 14.8 Å². The molecule has 0 unspecified atom stereocenters. The molecule has 1 saturated carbocycles. The van der Waals surface area contributed by atoms with Gasteiger partial charge < -0.3 is 4.90 Å². The van der Waals surface area contributed by atoms with Crippen LogP contribution in [-0.4, -0.2) is 44.2 Å². The van der Waals surface area contributed by atoms with Gasteiger partial charge in [0.25, 0.3) is 0 Å². The van der Waals surface area contributed by atoms with E-state index in [2.05, 4.69) is 0 Å². The van der Waals surface area contributed by atoms with Gasteiger partial charge in [-0.15, -0.1) is 0 Å². The number of nitrogens with two attached hydrogens (primary N) is 1. The maximum atomic E-state index is 12.2. The molecule has 0 bridgehead atoms. The summed E-state index contributed by atoms with van der Waals surface area (Å²) in [5, 5.41) is 4.80. The van der Waals surface area contributed by atoms with Crippen molar-refractivity contribution in [3.8, 4) is 0 Å². The normalized spacial score (nSPS) is 16.2. The van der Waals surface area contributed by atoms with Crippen molar-refractivity contribution in [1.29, 1.82) is 0 Å². The van der Waals surface area contributed by atoms with E-state index in [9.17, 15) is 26.4 Å². The highest BCUT2D eigenvalue weighted by molar-refractivity contribution is 7.89. The van der Waals surface area contributed by atoms with Crippen LogP contribution in [0.15, 0.2) is 0 Å². The highest BCUT2D eigenvalue weighted by Crippen LogP contribution is 2.30. The highest BCUT2D eigenvalue weighted by atomic mass is 32.2. The average Bonchev–Trinajstić information content (AvgIpc) is 3.04. The molecule has 0 spiro atoms. The van der Waals surface area contributed by atoms with Crippen molar-refractivity contribution in [1.82, 2.24) is 4.90 Å². The molecular formula is C11H19F3N2O3S. The van der Waals surface area contributed by atoms with E-state index in [-0.39, 0.29) is 31.1 Å². The van der Waals surface area contributed by atoms with Crippen LogP contribution in [0.3, 0.4) is 0 Å². The largest absolute Gasteiger partial charge is 0.390 e. The van der Waals surface area contributed by atoms with Crippen molar-refractivity contribution >= 4 is 15.9 Å². The Bertz CT molecular complexity index is 433. The Labute approximate surface area is 116 Å². The number of rotatable bonds is 8. The Morgan fingerprint density at radius 1 is 1.30 bits per heavy atom. The summed E-state index contributed by atoms with van der Waals surface area (Å²) in [7, 11) is -3.64. The van der Waals surface area contributed by atoms with Crippen molar-refractivity contribution < 1.29 is 26.4 Å². The first-order valence-electron chi connectivity index (χ1n) is 6.42. The lowest BCUT2D eigenvalue weighted by Gasteiger charge is -2.23. The molecule has 5 nitrogen and oxygen atoms in total. The molecule has 2 N–H and O–H groups in total. The van der Waals surface area contributed by atoms with Gasteiger partial charge in [0, 0.05) is 19.5 Å². The van der Waals surface area contributed by atoms with E-state index in [0.29, 0.717) is 6.54 Å². The van der Waals surface area contributed by atoms with Crippen molar-refractivity contribution in [2.24, 2.45) is 11.1 Å². The summed E-state index contributed by atoms with van der Waals surface area (Å²) < 4.78 is 58.1. The van der Waals surface area contributed by atoms with Crippen molar-refractivity contribution in [2.45, 2.75) is 38.3 Å². The minimum absolute atomic E-state index is 0.0326. The fourth-order valence-electron chi connectivity index (χ4n) is 1.77. The number of carbonyl (C=O) groups is 1. The molecule has 20 heavy (non-hydrogen) atoms. The molecule has 0 aromatic heterocycles. The third-order valence-corrected chi connectivity index (χ3v) is 3.87. The van der Waals surface area contributed by atoms with Gasteiger partial charge in [0.15, 0.2) is 0 Å². The Kier molecular flexibility index (Phi) is 5.81. The Balaban J connectivity index is 2.42. The number of sulfonamides is 1. The first kappa shape index (κ1) is 17.2. The van der Waals surface area contributed by atoms with E-state index >= 15 is 0 Å². The molecule has 1 fully saturated rings. The summed E-state index contributed by atoms with van der Waals surface area (Å²) in [6.07, 6.45) is -3.56. The second-order valence-corrected chi connectivity index (χ2v) is 6.85. The lowest BCUT2D eigenvalue weighted by molar-refractivity contribution is -0.145. The van der Waals surface area contributed by atoms with Crippen molar-refractivity contribution in [3.05, 3.63) is 0 Å². The average molecular weight is 316 g/mol. The van der Waals surface area contributed by atoms with Crippen LogP contribution in [0.1, 0.15) is 32.1 Å². The van der Waals surface area contributed by atoms with Gasteiger partial charge >= 0.3 is 6.18 Å². The lowest BCUT2D eigenvalue weighted by Crippen LogP contribution is -2.36. The smallest absolute Gasteiger partial charge is 0.342 e. The van der Waals surface area contributed by atoms with Gasteiger partial charge in [0.05, 0.1) is 12.2 Å². The molecule has 1 aliphatic carbocycles. The van der Waals surface area contributed by atoms with Crippen molar-refractivity contribution in [2.75, 3.05) is 18.8 Å². The summed E-state index contributed by atoms with van der Waals surface area (Å²) in [6.45, 7) is -0.0432. The van der Waals surface area contributed by atoms with Gasteiger partial charge in [-0.1, -0.05) is 0 Å². The van der Waals surface area contributed by atoms with E-state index < -0.39 is 28.5 Å². The zero-order chi connectivity index (χ0) is 15.4. The number of primary sulfonamides is 1. The Morgan fingerprint density at radius 2 is 1.90 bits per heavy atom. The SMILES string of the molecule is NS(=O)(=O)CCCC(=O)N(CCC(F)(F)F)CC1CC1. The summed E-state index contributed by atoms with van der Waals surface area (Å²) in [6, 6.07) is 0. The number of halogens is 3. The molecule has 0 radical (unpaired) electrons. The van der Waals surface area contributed by atoms with Gasteiger partial charge in [-0.25, -0.2) is 13.6 Å². The molecule has 1 rings (SSSR count). The number of hydrogen-bond acceptors (Lipinski definition) is 3. The van der Waals surface area contributed by atoms with E-state index in [1.807, 2.05) is 0 Å². The second kappa shape index (κ2) is 6.75. The van der Waals surface area contributed by atoms with Gasteiger partial charge in [-0.3, -0.25) is 4.79 Å². The molecular weight excluding hydrogens is 297 g/mol. The molecule has 0 heterocycles. The highest BCUT2D eigenvalue weighted by Gasteiger charge is 2.31. The predicted octanol–water partition coefficient (Wildman–Crippen LogP) is 1.25. The van der Waals surface area contributed by atoms with Gasteiger partial charge in [0.1, 0.15) is 0 Å². The molecule has 118 valence electrons. The third kappa shape index (κ3) is 8.36. The molecule has 1 amide bonds. The Morgan fingerprint density at radius 3 is 2.35 bits per heavy atom. The van der Waals surface area contributed by atoms with Crippen molar-refractivity contribution in [3.63, 3.8) is 0 Å². The van der Waals surface area contributed by atoms with E-state index in [1.54, 1.807) is 0 Å².